The lowest BCUT2D eigenvalue weighted by Gasteiger charge is -2.11. The minimum absolute atomic E-state index is 0.359. The average molecular weight is 262 g/mol. The Kier molecular flexibility index (Phi) is 3.34. The molecule has 1 saturated carbocycles. The van der Waals surface area contributed by atoms with E-state index in [9.17, 15) is 8.78 Å². The van der Waals surface area contributed by atoms with Gasteiger partial charge in [-0.25, -0.2) is 8.78 Å². The average Bonchev–Trinajstić information content (AvgIpc) is 3.13. The Morgan fingerprint density at radius 1 is 1.16 bits per heavy atom. The van der Waals surface area contributed by atoms with Crippen LogP contribution in [-0.4, -0.2) is 10.6 Å². The Bertz CT molecular complexity index is 573. The third-order valence-electron chi connectivity index (χ3n) is 3.45. The van der Waals surface area contributed by atoms with Gasteiger partial charge in [-0.3, -0.25) is 0 Å². The lowest BCUT2D eigenvalue weighted by molar-refractivity contribution is 0.494. The van der Waals surface area contributed by atoms with Crippen molar-refractivity contribution in [2.24, 2.45) is 0 Å². The summed E-state index contributed by atoms with van der Waals surface area (Å²) in [7, 11) is 0. The van der Waals surface area contributed by atoms with E-state index in [0.29, 0.717) is 18.2 Å². The van der Waals surface area contributed by atoms with Gasteiger partial charge in [0.25, 0.3) is 0 Å². The Balaban J connectivity index is 1.75. The molecule has 4 heteroatoms. The molecule has 1 fully saturated rings. The monoisotopic (exact) mass is 262 g/mol. The number of aromatic nitrogens is 1. The van der Waals surface area contributed by atoms with Crippen LogP contribution in [0.5, 0.6) is 0 Å². The summed E-state index contributed by atoms with van der Waals surface area (Å²) in [6.07, 6.45) is 4.37. The third-order valence-corrected chi connectivity index (χ3v) is 3.45. The zero-order valence-electron chi connectivity index (χ0n) is 10.6. The molecular formula is C15H16F2N2. The van der Waals surface area contributed by atoms with Crippen LogP contribution in [0.15, 0.2) is 36.5 Å². The predicted molar refractivity (Wildman–Crippen MR) is 69.8 cm³/mol. The van der Waals surface area contributed by atoms with Crippen molar-refractivity contribution in [1.82, 2.24) is 9.88 Å². The number of halogens is 2. The molecular weight excluding hydrogens is 246 g/mol. The molecule has 0 saturated heterocycles. The van der Waals surface area contributed by atoms with Crippen LogP contribution in [0, 0.1) is 11.6 Å². The first-order chi connectivity index (χ1) is 9.24. The fraction of sp³-hybridized carbons (Fsp3) is 0.333. The molecule has 0 unspecified atom stereocenters. The quantitative estimate of drug-likeness (QED) is 0.876. The summed E-state index contributed by atoms with van der Waals surface area (Å²) in [5.74, 6) is -1.54. The van der Waals surface area contributed by atoms with Gasteiger partial charge in [0.2, 0.25) is 0 Å². The van der Waals surface area contributed by atoms with Gasteiger partial charge in [-0.05, 0) is 31.0 Å². The van der Waals surface area contributed by atoms with E-state index in [1.165, 1.54) is 12.8 Å². The Labute approximate surface area is 111 Å². The van der Waals surface area contributed by atoms with E-state index in [1.807, 2.05) is 22.9 Å². The topological polar surface area (TPSA) is 17.0 Å². The molecule has 0 bridgehead atoms. The van der Waals surface area contributed by atoms with Gasteiger partial charge in [0.05, 0.1) is 6.54 Å². The zero-order valence-corrected chi connectivity index (χ0v) is 10.6. The number of hydrogen-bond acceptors (Lipinski definition) is 1. The van der Waals surface area contributed by atoms with Crippen LogP contribution in [0.3, 0.4) is 0 Å². The standard InChI is InChI=1S/C15H16F2N2/c16-14-5-1-3-11(15(14)17)10-19-8-2-4-13(19)9-18-12-6-7-12/h1-5,8,12,18H,6-7,9-10H2. The predicted octanol–water partition coefficient (Wildman–Crippen LogP) is 3.07. The SMILES string of the molecule is Fc1cccc(Cn2cccc2CNC2CC2)c1F. The number of hydrogen-bond donors (Lipinski definition) is 1. The van der Waals surface area contributed by atoms with Crippen molar-refractivity contribution in [1.29, 1.82) is 0 Å². The fourth-order valence-electron chi connectivity index (χ4n) is 2.15. The fourth-order valence-corrected chi connectivity index (χ4v) is 2.15. The summed E-state index contributed by atoms with van der Waals surface area (Å²) in [5.41, 5.74) is 1.47. The highest BCUT2D eigenvalue weighted by Gasteiger charge is 2.20. The van der Waals surface area contributed by atoms with Crippen LogP contribution in [0.4, 0.5) is 8.78 Å². The van der Waals surface area contributed by atoms with Crippen molar-refractivity contribution in [2.75, 3.05) is 0 Å². The molecule has 19 heavy (non-hydrogen) atoms. The van der Waals surface area contributed by atoms with Crippen molar-refractivity contribution in [3.8, 4) is 0 Å². The lowest BCUT2D eigenvalue weighted by Crippen LogP contribution is -2.18. The largest absolute Gasteiger partial charge is 0.346 e. The van der Waals surface area contributed by atoms with Crippen molar-refractivity contribution in [2.45, 2.75) is 32.0 Å². The lowest BCUT2D eigenvalue weighted by atomic mass is 10.2. The van der Waals surface area contributed by atoms with Gasteiger partial charge >= 0.3 is 0 Å². The molecule has 0 radical (unpaired) electrons. The molecule has 2 nitrogen and oxygen atoms in total. The molecule has 1 heterocycles. The van der Waals surface area contributed by atoms with E-state index in [4.69, 9.17) is 0 Å². The molecule has 0 spiro atoms. The summed E-state index contributed by atoms with van der Waals surface area (Å²) in [5, 5.41) is 3.42. The van der Waals surface area contributed by atoms with Crippen molar-refractivity contribution >= 4 is 0 Å². The Hall–Kier alpha value is -1.68. The highest BCUT2D eigenvalue weighted by molar-refractivity contribution is 5.21. The molecule has 1 aromatic carbocycles. The van der Waals surface area contributed by atoms with Crippen molar-refractivity contribution < 1.29 is 8.78 Å². The van der Waals surface area contributed by atoms with Gasteiger partial charge in [-0.1, -0.05) is 12.1 Å². The van der Waals surface area contributed by atoms with Crippen LogP contribution in [0.2, 0.25) is 0 Å². The van der Waals surface area contributed by atoms with E-state index in [-0.39, 0.29) is 0 Å². The van der Waals surface area contributed by atoms with Crippen molar-refractivity contribution in [3.63, 3.8) is 0 Å². The molecule has 0 aliphatic heterocycles. The summed E-state index contributed by atoms with van der Waals surface area (Å²) in [6.45, 7) is 1.13. The molecule has 0 atom stereocenters. The highest BCUT2D eigenvalue weighted by atomic mass is 19.2. The molecule has 1 aromatic heterocycles. The maximum Gasteiger partial charge on any atom is 0.163 e. The summed E-state index contributed by atoms with van der Waals surface area (Å²) < 4.78 is 28.8. The molecule has 2 aromatic rings. The second kappa shape index (κ2) is 5.13. The van der Waals surface area contributed by atoms with E-state index in [0.717, 1.165) is 18.3 Å². The molecule has 1 N–H and O–H groups in total. The second-order valence-electron chi connectivity index (χ2n) is 5.00. The van der Waals surface area contributed by atoms with E-state index < -0.39 is 11.6 Å². The molecule has 1 aliphatic rings. The minimum atomic E-state index is -0.790. The van der Waals surface area contributed by atoms with Crippen molar-refractivity contribution in [3.05, 3.63) is 59.4 Å². The van der Waals surface area contributed by atoms with Gasteiger partial charge in [0.1, 0.15) is 0 Å². The normalized spacial score (nSPS) is 14.8. The maximum atomic E-state index is 13.6. The summed E-state index contributed by atoms with van der Waals surface area (Å²) in [4.78, 5) is 0. The molecule has 1 aliphatic carbocycles. The Morgan fingerprint density at radius 3 is 2.79 bits per heavy atom. The molecule has 3 rings (SSSR count). The first-order valence-corrected chi connectivity index (χ1v) is 6.54. The van der Waals surface area contributed by atoms with Crippen LogP contribution in [0.25, 0.3) is 0 Å². The van der Waals surface area contributed by atoms with Gasteiger partial charge in [0, 0.05) is 30.0 Å². The van der Waals surface area contributed by atoms with Gasteiger partial charge in [-0.15, -0.1) is 0 Å². The van der Waals surface area contributed by atoms with Gasteiger partial charge < -0.3 is 9.88 Å². The number of rotatable bonds is 5. The van der Waals surface area contributed by atoms with E-state index in [1.54, 1.807) is 12.1 Å². The minimum Gasteiger partial charge on any atom is -0.346 e. The van der Waals surface area contributed by atoms with Gasteiger partial charge in [-0.2, -0.15) is 0 Å². The van der Waals surface area contributed by atoms with Crippen LogP contribution < -0.4 is 5.32 Å². The van der Waals surface area contributed by atoms with Crippen LogP contribution in [0.1, 0.15) is 24.1 Å². The van der Waals surface area contributed by atoms with Crippen LogP contribution >= 0.6 is 0 Å². The molecule has 100 valence electrons. The highest BCUT2D eigenvalue weighted by Crippen LogP contribution is 2.20. The first kappa shape index (κ1) is 12.4. The van der Waals surface area contributed by atoms with Crippen LogP contribution in [-0.2, 0) is 13.1 Å². The second-order valence-corrected chi connectivity index (χ2v) is 5.00. The number of nitrogens with zero attached hydrogens (tertiary/aromatic N) is 1. The van der Waals surface area contributed by atoms with E-state index in [2.05, 4.69) is 5.32 Å². The van der Waals surface area contributed by atoms with E-state index >= 15 is 0 Å². The summed E-state index contributed by atoms with van der Waals surface area (Å²) in [6, 6.07) is 8.88. The molecule has 0 amide bonds. The number of benzene rings is 1. The smallest absolute Gasteiger partial charge is 0.163 e. The van der Waals surface area contributed by atoms with Gasteiger partial charge in [0.15, 0.2) is 11.6 Å². The zero-order chi connectivity index (χ0) is 13.2. The maximum absolute atomic E-state index is 13.6. The first-order valence-electron chi connectivity index (χ1n) is 6.54. The number of nitrogens with one attached hydrogen (secondary N) is 1. The third kappa shape index (κ3) is 2.84. The summed E-state index contributed by atoms with van der Waals surface area (Å²) >= 11 is 0. The Morgan fingerprint density at radius 2 is 2.00 bits per heavy atom.